The van der Waals surface area contributed by atoms with Crippen LogP contribution in [0.25, 0.3) is 0 Å². The minimum atomic E-state index is -1.10. The van der Waals surface area contributed by atoms with Crippen LogP contribution in [0.3, 0.4) is 0 Å². The first kappa shape index (κ1) is 11.0. The molecule has 0 spiro atoms. The van der Waals surface area contributed by atoms with E-state index in [4.69, 9.17) is 10.00 Å². The summed E-state index contributed by atoms with van der Waals surface area (Å²) in [5.41, 5.74) is 0.0103. The Bertz CT molecular complexity index is 593. The minimum Gasteiger partial charge on any atom is -0.451 e. The van der Waals surface area contributed by atoms with E-state index in [1.807, 2.05) is 0 Å². The smallest absolute Gasteiger partial charge is 0.201 e. The molecule has 84 valence electrons. The first-order chi connectivity index (χ1) is 8.22. The Morgan fingerprint density at radius 1 is 1.12 bits per heavy atom. The zero-order chi connectivity index (χ0) is 12.3. The Morgan fingerprint density at radius 2 is 1.88 bits per heavy atom. The van der Waals surface area contributed by atoms with Gasteiger partial charge in [0.2, 0.25) is 5.82 Å². The molecule has 3 nitrogen and oxygen atoms in total. The molecule has 0 aliphatic rings. The third-order valence-corrected chi connectivity index (χ3v) is 2.01. The molecule has 0 bridgehead atoms. The van der Waals surface area contributed by atoms with Gasteiger partial charge in [0.25, 0.3) is 0 Å². The van der Waals surface area contributed by atoms with E-state index >= 15 is 0 Å². The zero-order valence-corrected chi connectivity index (χ0v) is 8.52. The number of pyridine rings is 1. The summed E-state index contributed by atoms with van der Waals surface area (Å²) in [4.78, 5) is 3.74. The van der Waals surface area contributed by atoms with Gasteiger partial charge in [-0.2, -0.15) is 9.65 Å². The summed E-state index contributed by atoms with van der Waals surface area (Å²) in [6.45, 7) is 0. The summed E-state index contributed by atoms with van der Waals surface area (Å²) >= 11 is 0. The molecule has 2 aromatic rings. The number of ether oxygens (including phenoxy) is 1. The second-order valence-electron chi connectivity index (χ2n) is 3.12. The van der Waals surface area contributed by atoms with Gasteiger partial charge in [-0.05, 0) is 24.3 Å². The van der Waals surface area contributed by atoms with Crippen LogP contribution in [-0.2, 0) is 0 Å². The number of benzene rings is 1. The van der Waals surface area contributed by atoms with Crippen LogP contribution < -0.4 is 4.74 Å². The maximum atomic E-state index is 13.3. The number of hydrogen-bond acceptors (Lipinski definition) is 3. The summed E-state index contributed by atoms with van der Waals surface area (Å²) < 4.78 is 31.4. The second kappa shape index (κ2) is 4.58. The normalized spacial score (nSPS) is 9.71. The Hall–Kier alpha value is -2.48. The molecule has 1 aromatic carbocycles. The van der Waals surface area contributed by atoms with Gasteiger partial charge in [-0.3, -0.25) is 0 Å². The van der Waals surface area contributed by atoms with Crippen LogP contribution in [0.1, 0.15) is 5.69 Å². The lowest BCUT2D eigenvalue weighted by Crippen LogP contribution is -1.94. The summed E-state index contributed by atoms with van der Waals surface area (Å²) in [6, 6.07) is 8.36. The molecule has 0 amide bonds. The molecule has 0 atom stereocenters. The van der Waals surface area contributed by atoms with Crippen molar-refractivity contribution >= 4 is 0 Å². The average molecular weight is 232 g/mol. The van der Waals surface area contributed by atoms with Crippen LogP contribution in [0.5, 0.6) is 11.5 Å². The fourth-order valence-corrected chi connectivity index (χ4v) is 1.24. The summed E-state index contributed by atoms with van der Waals surface area (Å²) in [5, 5.41) is 8.76. The van der Waals surface area contributed by atoms with Gasteiger partial charge in [0.1, 0.15) is 6.07 Å². The molecule has 0 unspecified atom stereocenters. The van der Waals surface area contributed by atoms with Crippen LogP contribution >= 0.6 is 0 Å². The molecule has 1 heterocycles. The molecular weight excluding hydrogens is 226 g/mol. The molecule has 0 aliphatic heterocycles. The van der Waals surface area contributed by atoms with Gasteiger partial charge in [0, 0.05) is 6.20 Å². The van der Waals surface area contributed by atoms with E-state index in [1.165, 1.54) is 30.5 Å². The first-order valence-corrected chi connectivity index (χ1v) is 4.69. The van der Waals surface area contributed by atoms with E-state index in [0.29, 0.717) is 0 Å². The number of aromatic nitrogens is 1. The van der Waals surface area contributed by atoms with Crippen molar-refractivity contribution in [3.63, 3.8) is 0 Å². The van der Waals surface area contributed by atoms with E-state index < -0.39 is 11.6 Å². The number of halogens is 2. The van der Waals surface area contributed by atoms with E-state index in [0.717, 1.165) is 6.07 Å². The van der Waals surface area contributed by atoms with Crippen molar-refractivity contribution in [2.45, 2.75) is 0 Å². The van der Waals surface area contributed by atoms with Crippen molar-refractivity contribution in [2.75, 3.05) is 0 Å². The Kier molecular flexibility index (Phi) is 2.97. The van der Waals surface area contributed by atoms with E-state index in [2.05, 4.69) is 4.98 Å². The van der Waals surface area contributed by atoms with Crippen molar-refractivity contribution in [1.82, 2.24) is 4.98 Å². The maximum absolute atomic E-state index is 13.3. The molecule has 0 radical (unpaired) electrons. The van der Waals surface area contributed by atoms with E-state index in [-0.39, 0.29) is 17.2 Å². The maximum Gasteiger partial charge on any atom is 0.201 e. The highest BCUT2D eigenvalue weighted by atomic mass is 19.2. The Balaban J connectivity index is 2.39. The molecule has 0 fully saturated rings. The molecule has 0 N–H and O–H groups in total. The lowest BCUT2D eigenvalue weighted by Gasteiger charge is -2.07. The monoisotopic (exact) mass is 232 g/mol. The van der Waals surface area contributed by atoms with Gasteiger partial charge in [0.15, 0.2) is 23.0 Å². The molecule has 17 heavy (non-hydrogen) atoms. The van der Waals surface area contributed by atoms with E-state index in [9.17, 15) is 8.78 Å². The zero-order valence-electron chi connectivity index (χ0n) is 8.52. The van der Waals surface area contributed by atoms with Crippen LogP contribution in [0.2, 0.25) is 0 Å². The third kappa shape index (κ3) is 2.21. The van der Waals surface area contributed by atoms with Gasteiger partial charge in [-0.25, -0.2) is 9.37 Å². The topological polar surface area (TPSA) is 45.9 Å². The highest BCUT2D eigenvalue weighted by molar-refractivity contribution is 5.40. The predicted octanol–water partition coefficient (Wildman–Crippen LogP) is 3.02. The van der Waals surface area contributed by atoms with Gasteiger partial charge >= 0.3 is 0 Å². The summed E-state index contributed by atoms with van der Waals surface area (Å²) in [5.74, 6) is -2.31. The van der Waals surface area contributed by atoms with Gasteiger partial charge in [0.05, 0.1) is 0 Å². The number of hydrogen-bond donors (Lipinski definition) is 0. The molecule has 0 saturated carbocycles. The first-order valence-electron chi connectivity index (χ1n) is 4.69. The van der Waals surface area contributed by atoms with Crippen molar-refractivity contribution in [3.8, 4) is 17.6 Å². The van der Waals surface area contributed by atoms with Gasteiger partial charge < -0.3 is 4.74 Å². The molecule has 0 saturated heterocycles. The molecule has 1 aromatic heterocycles. The molecular formula is C12H6F2N2O. The van der Waals surface area contributed by atoms with Crippen LogP contribution in [0.4, 0.5) is 8.78 Å². The molecule has 2 rings (SSSR count). The highest BCUT2D eigenvalue weighted by Crippen LogP contribution is 2.26. The molecule has 0 aliphatic carbocycles. The van der Waals surface area contributed by atoms with Crippen LogP contribution in [0, 0.1) is 23.0 Å². The fourth-order valence-electron chi connectivity index (χ4n) is 1.24. The Morgan fingerprint density at radius 3 is 2.65 bits per heavy atom. The van der Waals surface area contributed by atoms with Gasteiger partial charge in [-0.15, -0.1) is 0 Å². The van der Waals surface area contributed by atoms with Crippen LogP contribution in [0.15, 0.2) is 36.5 Å². The lowest BCUT2D eigenvalue weighted by molar-refractivity contribution is 0.414. The SMILES string of the molecule is N#Cc1ncccc1Oc1cccc(F)c1F. The quantitative estimate of drug-likeness (QED) is 0.799. The number of nitrogens with zero attached hydrogens (tertiary/aromatic N) is 2. The van der Waals surface area contributed by atoms with E-state index in [1.54, 1.807) is 6.07 Å². The highest BCUT2D eigenvalue weighted by Gasteiger charge is 2.11. The Labute approximate surface area is 95.9 Å². The standard InChI is InChI=1S/C12H6F2N2O/c13-8-3-1-4-11(12(8)14)17-10-5-2-6-16-9(10)7-15/h1-6H. The third-order valence-electron chi connectivity index (χ3n) is 2.01. The largest absolute Gasteiger partial charge is 0.451 e. The minimum absolute atomic E-state index is 0.0103. The second-order valence-corrected chi connectivity index (χ2v) is 3.12. The average Bonchev–Trinajstić information content (AvgIpc) is 2.35. The van der Waals surface area contributed by atoms with Crippen LogP contribution in [-0.4, -0.2) is 4.98 Å². The van der Waals surface area contributed by atoms with Crippen molar-refractivity contribution in [2.24, 2.45) is 0 Å². The number of nitriles is 1. The summed E-state index contributed by atoms with van der Waals surface area (Å²) in [7, 11) is 0. The fraction of sp³-hybridized carbons (Fsp3) is 0. The predicted molar refractivity (Wildman–Crippen MR) is 55.4 cm³/mol. The van der Waals surface area contributed by atoms with Crippen molar-refractivity contribution in [1.29, 1.82) is 5.26 Å². The van der Waals surface area contributed by atoms with Gasteiger partial charge in [-0.1, -0.05) is 6.07 Å². The number of rotatable bonds is 2. The van der Waals surface area contributed by atoms with Crippen molar-refractivity contribution in [3.05, 3.63) is 53.9 Å². The molecule has 5 heteroatoms. The van der Waals surface area contributed by atoms with Crippen molar-refractivity contribution < 1.29 is 13.5 Å². The summed E-state index contributed by atoms with van der Waals surface area (Å²) in [6.07, 6.45) is 1.41. The lowest BCUT2D eigenvalue weighted by atomic mass is 10.3.